The predicted molar refractivity (Wildman–Crippen MR) is 99.4 cm³/mol. The van der Waals surface area contributed by atoms with Crippen LogP contribution < -0.4 is 10.1 Å². The second kappa shape index (κ2) is 7.25. The molecule has 0 fully saturated rings. The van der Waals surface area contributed by atoms with Crippen LogP contribution in [0.3, 0.4) is 0 Å². The number of para-hydroxylation sites is 2. The summed E-state index contributed by atoms with van der Waals surface area (Å²) < 4.78 is 18.7. The number of nitrogens with zero attached hydrogens (tertiary/aromatic N) is 3. The molecule has 0 spiro atoms. The van der Waals surface area contributed by atoms with Crippen molar-refractivity contribution in [2.24, 2.45) is 0 Å². The van der Waals surface area contributed by atoms with Gasteiger partial charge in [0.2, 0.25) is 0 Å². The topological polar surface area (TPSA) is 69.0 Å². The first-order chi connectivity index (χ1) is 13.2. The maximum absolute atomic E-state index is 13.5. The number of fused-ring (bicyclic) bond motifs is 1. The summed E-state index contributed by atoms with van der Waals surface area (Å²) in [5.74, 6) is -0.869. The Kier molecular flexibility index (Phi) is 4.49. The molecule has 1 amide bonds. The van der Waals surface area contributed by atoms with Crippen molar-refractivity contribution in [1.29, 1.82) is 0 Å². The largest absolute Gasteiger partial charge is 0.481 e. The average molecular weight is 362 g/mol. The van der Waals surface area contributed by atoms with Crippen molar-refractivity contribution >= 4 is 22.6 Å². The Bertz CT molecular complexity index is 1100. The first-order valence-electron chi connectivity index (χ1n) is 8.29. The third-order valence-corrected chi connectivity index (χ3v) is 3.85. The van der Waals surface area contributed by atoms with E-state index in [1.165, 1.54) is 16.9 Å². The predicted octanol–water partition coefficient (Wildman–Crippen LogP) is 3.58. The summed E-state index contributed by atoms with van der Waals surface area (Å²) in [6.45, 7) is -0.296. The Balaban J connectivity index is 1.46. The zero-order valence-corrected chi connectivity index (χ0v) is 14.2. The minimum atomic E-state index is -0.510. The van der Waals surface area contributed by atoms with Crippen molar-refractivity contribution in [3.05, 3.63) is 78.6 Å². The van der Waals surface area contributed by atoms with Crippen LogP contribution in [0.2, 0.25) is 0 Å². The van der Waals surface area contributed by atoms with Crippen LogP contribution in [0, 0.1) is 5.82 Å². The first-order valence-corrected chi connectivity index (χ1v) is 8.29. The molecule has 7 heteroatoms. The van der Waals surface area contributed by atoms with Crippen molar-refractivity contribution in [2.75, 3.05) is 11.9 Å². The number of nitrogens with one attached hydrogen (secondary N) is 1. The molecule has 0 radical (unpaired) electrons. The highest BCUT2D eigenvalue weighted by Crippen LogP contribution is 2.18. The van der Waals surface area contributed by atoms with Crippen LogP contribution in [-0.4, -0.2) is 27.5 Å². The summed E-state index contributed by atoms with van der Waals surface area (Å²) in [5.41, 5.74) is 2.76. The molecule has 0 saturated carbocycles. The fraction of sp³-hybridized carbons (Fsp3) is 0.0500. The average Bonchev–Trinajstić information content (AvgIpc) is 3.11. The van der Waals surface area contributed by atoms with Gasteiger partial charge in [0.15, 0.2) is 18.2 Å². The van der Waals surface area contributed by atoms with Crippen LogP contribution in [0.25, 0.3) is 16.7 Å². The van der Waals surface area contributed by atoms with E-state index in [1.54, 1.807) is 30.3 Å². The lowest BCUT2D eigenvalue weighted by atomic mass is 10.3. The third-order valence-electron chi connectivity index (χ3n) is 3.85. The van der Waals surface area contributed by atoms with Crippen molar-refractivity contribution in [1.82, 2.24) is 15.0 Å². The second-order valence-electron chi connectivity index (χ2n) is 5.80. The van der Waals surface area contributed by atoms with E-state index in [0.29, 0.717) is 16.7 Å². The van der Waals surface area contributed by atoms with Gasteiger partial charge in [-0.2, -0.15) is 4.80 Å². The number of aromatic nitrogens is 3. The molecular formula is C20H15FN4O2. The monoisotopic (exact) mass is 362 g/mol. The minimum Gasteiger partial charge on any atom is -0.481 e. The van der Waals surface area contributed by atoms with Gasteiger partial charge < -0.3 is 10.1 Å². The number of rotatable bonds is 5. The molecule has 27 heavy (non-hydrogen) atoms. The van der Waals surface area contributed by atoms with Crippen LogP contribution in [-0.2, 0) is 4.79 Å². The molecule has 1 N–H and O–H groups in total. The molecule has 0 unspecified atom stereocenters. The molecule has 0 bridgehead atoms. The molecular weight excluding hydrogens is 347 g/mol. The fourth-order valence-corrected chi connectivity index (χ4v) is 2.57. The maximum Gasteiger partial charge on any atom is 0.262 e. The van der Waals surface area contributed by atoms with Gasteiger partial charge in [0, 0.05) is 5.69 Å². The smallest absolute Gasteiger partial charge is 0.262 e. The molecule has 1 heterocycles. The quantitative estimate of drug-likeness (QED) is 0.589. The van der Waals surface area contributed by atoms with Gasteiger partial charge in [-0.15, -0.1) is 10.2 Å². The van der Waals surface area contributed by atoms with E-state index in [9.17, 15) is 9.18 Å². The summed E-state index contributed by atoms with van der Waals surface area (Å²) in [6, 6.07) is 20.7. The third kappa shape index (κ3) is 3.77. The van der Waals surface area contributed by atoms with Crippen LogP contribution in [0.5, 0.6) is 5.75 Å². The molecule has 6 nitrogen and oxygen atoms in total. The Hall–Kier alpha value is -3.74. The Morgan fingerprint density at radius 2 is 1.70 bits per heavy atom. The Labute approximate surface area is 154 Å². The van der Waals surface area contributed by atoms with Crippen LogP contribution in [0.15, 0.2) is 72.8 Å². The van der Waals surface area contributed by atoms with E-state index >= 15 is 0 Å². The molecule has 0 saturated heterocycles. The number of hydrogen-bond acceptors (Lipinski definition) is 4. The van der Waals surface area contributed by atoms with Gasteiger partial charge in [0.25, 0.3) is 5.91 Å². The standard InChI is InChI=1S/C20H15FN4O2/c21-16-8-4-5-9-19(16)27-13-20(26)22-14-10-11-17-18(12-14)24-25(23-17)15-6-2-1-3-7-15/h1-12H,13H2,(H,22,26). The van der Waals surface area contributed by atoms with Gasteiger partial charge in [-0.05, 0) is 42.5 Å². The van der Waals surface area contributed by atoms with E-state index in [-0.39, 0.29) is 12.4 Å². The van der Waals surface area contributed by atoms with E-state index in [0.717, 1.165) is 5.69 Å². The molecule has 4 rings (SSSR count). The van der Waals surface area contributed by atoms with Crippen molar-refractivity contribution in [3.63, 3.8) is 0 Å². The van der Waals surface area contributed by atoms with E-state index < -0.39 is 11.7 Å². The summed E-state index contributed by atoms with van der Waals surface area (Å²) in [5, 5.41) is 11.6. The number of amides is 1. The fourth-order valence-electron chi connectivity index (χ4n) is 2.57. The van der Waals surface area contributed by atoms with Gasteiger partial charge in [-0.3, -0.25) is 4.79 Å². The number of carbonyl (C=O) groups is 1. The SMILES string of the molecule is O=C(COc1ccccc1F)Nc1ccc2nn(-c3ccccc3)nc2c1. The van der Waals surface area contributed by atoms with E-state index in [2.05, 4.69) is 15.5 Å². The summed E-state index contributed by atoms with van der Waals surface area (Å²) in [6.07, 6.45) is 0. The zero-order valence-electron chi connectivity index (χ0n) is 14.2. The highest BCUT2D eigenvalue weighted by atomic mass is 19.1. The van der Waals surface area contributed by atoms with Crippen LogP contribution in [0.1, 0.15) is 0 Å². The van der Waals surface area contributed by atoms with Crippen LogP contribution >= 0.6 is 0 Å². The molecule has 1 aromatic heterocycles. The van der Waals surface area contributed by atoms with E-state index in [4.69, 9.17) is 4.74 Å². The first kappa shape index (κ1) is 16.7. The molecule has 0 atom stereocenters. The summed E-state index contributed by atoms with van der Waals surface area (Å²) in [7, 11) is 0. The molecule has 3 aromatic carbocycles. The summed E-state index contributed by atoms with van der Waals surface area (Å²) >= 11 is 0. The molecule has 0 aliphatic carbocycles. The summed E-state index contributed by atoms with van der Waals surface area (Å²) in [4.78, 5) is 13.6. The van der Waals surface area contributed by atoms with Gasteiger partial charge in [0.05, 0.1) is 5.69 Å². The van der Waals surface area contributed by atoms with Gasteiger partial charge in [0.1, 0.15) is 11.0 Å². The van der Waals surface area contributed by atoms with Crippen molar-refractivity contribution < 1.29 is 13.9 Å². The number of ether oxygens (including phenoxy) is 1. The lowest BCUT2D eigenvalue weighted by Crippen LogP contribution is -2.20. The number of halogens is 1. The lowest BCUT2D eigenvalue weighted by Gasteiger charge is -2.07. The molecule has 4 aromatic rings. The van der Waals surface area contributed by atoms with Crippen LogP contribution in [0.4, 0.5) is 10.1 Å². The zero-order chi connectivity index (χ0) is 18.6. The van der Waals surface area contributed by atoms with E-state index in [1.807, 2.05) is 30.3 Å². The molecule has 0 aliphatic heterocycles. The normalized spacial score (nSPS) is 10.7. The molecule has 134 valence electrons. The van der Waals surface area contributed by atoms with Gasteiger partial charge in [-0.1, -0.05) is 30.3 Å². The second-order valence-corrected chi connectivity index (χ2v) is 5.80. The number of benzene rings is 3. The van der Waals surface area contributed by atoms with Gasteiger partial charge in [-0.25, -0.2) is 4.39 Å². The number of carbonyl (C=O) groups excluding carboxylic acids is 1. The van der Waals surface area contributed by atoms with Gasteiger partial charge >= 0.3 is 0 Å². The Morgan fingerprint density at radius 3 is 2.52 bits per heavy atom. The number of hydrogen-bond donors (Lipinski definition) is 1. The van der Waals surface area contributed by atoms with Crippen molar-refractivity contribution in [3.8, 4) is 11.4 Å². The van der Waals surface area contributed by atoms with Crippen molar-refractivity contribution in [2.45, 2.75) is 0 Å². The number of anilines is 1. The highest BCUT2D eigenvalue weighted by molar-refractivity contribution is 5.93. The minimum absolute atomic E-state index is 0.0360. The molecule has 0 aliphatic rings. The highest BCUT2D eigenvalue weighted by Gasteiger charge is 2.09. The Morgan fingerprint density at radius 1 is 0.963 bits per heavy atom. The maximum atomic E-state index is 13.5. The lowest BCUT2D eigenvalue weighted by molar-refractivity contribution is -0.118.